The summed E-state index contributed by atoms with van der Waals surface area (Å²) >= 11 is 0. The zero-order valence-electron chi connectivity index (χ0n) is 11.8. The lowest BCUT2D eigenvalue weighted by atomic mass is 10.2. The van der Waals surface area contributed by atoms with Gasteiger partial charge in [-0.15, -0.1) is 0 Å². The van der Waals surface area contributed by atoms with E-state index in [9.17, 15) is 18.0 Å². The highest BCUT2D eigenvalue weighted by Crippen LogP contribution is 2.17. The SMILES string of the molecule is C[C@@H](OC(=O)c1ccccc1S(C)(=O)=O)C(=O)N(C)C. The minimum atomic E-state index is -3.55. The molecule has 0 bridgehead atoms. The Morgan fingerprint density at radius 2 is 1.75 bits per heavy atom. The normalized spacial score (nSPS) is 12.6. The number of benzene rings is 1. The molecule has 0 aliphatic rings. The molecular formula is C13H17NO5S. The fraction of sp³-hybridized carbons (Fsp3) is 0.385. The van der Waals surface area contributed by atoms with Crippen LogP contribution in [0.3, 0.4) is 0 Å². The first-order valence-electron chi connectivity index (χ1n) is 5.86. The second-order valence-corrected chi connectivity index (χ2v) is 6.53. The third-order valence-electron chi connectivity index (χ3n) is 2.58. The van der Waals surface area contributed by atoms with Gasteiger partial charge in [0, 0.05) is 20.4 Å². The number of hydrogen-bond acceptors (Lipinski definition) is 5. The van der Waals surface area contributed by atoms with Crippen LogP contribution in [0, 0.1) is 0 Å². The van der Waals surface area contributed by atoms with Crippen LogP contribution in [0.5, 0.6) is 0 Å². The summed E-state index contributed by atoms with van der Waals surface area (Å²) in [5.74, 6) is -1.22. The van der Waals surface area contributed by atoms with Gasteiger partial charge in [0.1, 0.15) is 0 Å². The highest BCUT2D eigenvalue weighted by molar-refractivity contribution is 7.90. The van der Waals surface area contributed by atoms with Gasteiger partial charge in [0.25, 0.3) is 5.91 Å². The molecule has 0 fully saturated rings. The summed E-state index contributed by atoms with van der Waals surface area (Å²) in [5, 5.41) is 0. The lowest BCUT2D eigenvalue weighted by Gasteiger charge is -2.17. The minimum Gasteiger partial charge on any atom is -0.449 e. The number of nitrogens with zero attached hydrogens (tertiary/aromatic N) is 1. The maximum atomic E-state index is 12.0. The maximum Gasteiger partial charge on any atom is 0.340 e. The van der Waals surface area contributed by atoms with Crippen molar-refractivity contribution in [2.24, 2.45) is 0 Å². The Morgan fingerprint density at radius 3 is 2.25 bits per heavy atom. The fourth-order valence-corrected chi connectivity index (χ4v) is 2.47. The number of likely N-dealkylation sites (N-methyl/N-ethyl adjacent to an activating group) is 1. The van der Waals surface area contributed by atoms with Gasteiger partial charge in [-0.3, -0.25) is 4.79 Å². The molecule has 110 valence electrons. The highest BCUT2D eigenvalue weighted by atomic mass is 32.2. The van der Waals surface area contributed by atoms with E-state index < -0.39 is 21.9 Å². The summed E-state index contributed by atoms with van der Waals surface area (Å²) in [7, 11) is -0.469. The van der Waals surface area contributed by atoms with Crippen molar-refractivity contribution in [3.63, 3.8) is 0 Å². The molecule has 1 amide bonds. The summed E-state index contributed by atoms with van der Waals surface area (Å²) in [6.07, 6.45) is 0.0261. The molecule has 1 rings (SSSR count). The van der Waals surface area contributed by atoms with Crippen LogP contribution in [-0.2, 0) is 19.4 Å². The first kappa shape index (κ1) is 16.2. The zero-order chi connectivity index (χ0) is 15.5. The molecule has 0 radical (unpaired) electrons. The van der Waals surface area contributed by atoms with E-state index in [4.69, 9.17) is 4.74 Å². The molecule has 0 heterocycles. The van der Waals surface area contributed by atoms with Crippen LogP contribution in [-0.4, -0.2) is 51.6 Å². The Labute approximate surface area is 118 Å². The zero-order valence-corrected chi connectivity index (χ0v) is 12.6. The van der Waals surface area contributed by atoms with E-state index in [2.05, 4.69) is 0 Å². The first-order chi connectivity index (χ1) is 9.14. The van der Waals surface area contributed by atoms with E-state index in [1.807, 2.05) is 0 Å². The molecule has 0 saturated carbocycles. The second kappa shape index (κ2) is 6.04. The Balaban J connectivity index is 3.03. The highest BCUT2D eigenvalue weighted by Gasteiger charge is 2.24. The van der Waals surface area contributed by atoms with Crippen LogP contribution in [0.25, 0.3) is 0 Å². The van der Waals surface area contributed by atoms with Crippen LogP contribution < -0.4 is 0 Å². The monoisotopic (exact) mass is 299 g/mol. The lowest BCUT2D eigenvalue weighted by molar-refractivity contribution is -0.137. The van der Waals surface area contributed by atoms with Crippen LogP contribution in [0.1, 0.15) is 17.3 Å². The van der Waals surface area contributed by atoms with Crippen molar-refractivity contribution >= 4 is 21.7 Å². The van der Waals surface area contributed by atoms with E-state index in [0.717, 1.165) is 6.26 Å². The molecule has 1 atom stereocenters. The molecule has 6 nitrogen and oxygen atoms in total. The fourth-order valence-electron chi connectivity index (χ4n) is 1.60. The summed E-state index contributed by atoms with van der Waals surface area (Å²) < 4.78 is 28.2. The number of carbonyl (C=O) groups is 2. The molecular weight excluding hydrogens is 282 g/mol. The van der Waals surface area contributed by atoms with Crippen molar-refractivity contribution in [2.45, 2.75) is 17.9 Å². The van der Waals surface area contributed by atoms with E-state index in [-0.39, 0.29) is 16.4 Å². The standard InChI is InChI=1S/C13H17NO5S/c1-9(12(15)14(2)3)19-13(16)10-7-5-6-8-11(10)20(4,17)18/h5-9H,1-4H3/t9-/m1/s1. The van der Waals surface area contributed by atoms with Gasteiger partial charge in [0.15, 0.2) is 15.9 Å². The maximum absolute atomic E-state index is 12.0. The molecule has 7 heteroatoms. The summed E-state index contributed by atoms with van der Waals surface area (Å²) in [6.45, 7) is 1.43. The first-order valence-corrected chi connectivity index (χ1v) is 7.75. The molecule has 0 saturated heterocycles. The predicted molar refractivity (Wildman–Crippen MR) is 73.1 cm³/mol. The summed E-state index contributed by atoms with van der Waals surface area (Å²) in [5.41, 5.74) is -0.0755. The van der Waals surface area contributed by atoms with Crippen molar-refractivity contribution in [3.05, 3.63) is 29.8 Å². The van der Waals surface area contributed by atoms with Gasteiger partial charge in [0.05, 0.1) is 10.5 Å². The predicted octanol–water partition coefficient (Wildman–Crippen LogP) is 0.724. The number of esters is 1. The molecule has 1 aromatic rings. The summed E-state index contributed by atoms with van der Waals surface area (Å²) in [6, 6.07) is 5.72. The van der Waals surface area contributed by atoms with Crippen molar-refractivity contribution in [3.8, 4) is 0 Å². The third-order valence-corrected chi connectivity index (χ3v) is 3.73. The van der Waals surface area contributed by atoms with Gasteiger partial charge in [-0.25, -0.2) is 13.2 Å². The Morgan fingerprint density at radius 1 is 1.20 bits per heavy atom. The average molecular weight is 299 g/mol. The average Bonchev–Trinajstić information content (AvgIpc) is 2.36. The second-order valence-electron chi connectivity index (χ2n) is 4.55. The van der Waals surface area contributed by atoms with E-state index in [0.29, 0.717) is 0 Å². The van der Waals surface area contributed by atoms with Gasteiger partial charge in [-0.1, -0.05) is 12.1 Å². The van der Waals surface area contributed by atoms with Gasteiger partial charge >= 0.3 is 5.97 Å². The number of ether oxygens (including phenoxy) is 1. The Hall–Kier alpha value is -1.89. The van der Waals surface area contributed by atoms with Gasteiger partial charge in [-0.05, 0) is 19.1 Å². The van der Waals surface area contributed by atoms with Crippen molar-refractivity contribution < 1.29 is 22.7 Å². The van der Waals surface area contributed by atoms with Crippen molar-refractivity contribution in [1.29, 1.82) is 0 Å². The van der Waals surface area contributed by atoms with Crippen LogP contribution in [0.15, 0.2) is 29.2 Å². The quantitative estimate of drug-likeness (QED) is 0.765. The number of rotatable bonds is 4. The number of carbonyl (C=O) groups excluding carboxylic acids is 2. The number of sulfone groups is 1. The summed E-state index contributed by atoms with van der Waals surface area (Å²) in [4.78, 5) is 24.8. The minimum absolute atomic E-state index is 0.0755. The molecule has 0 aliphatic heterocycles. The van der Waals surface area contributed by atoms with Crippen LogP contribution in [0.4, 0.5) is 0 Å². The van der Waals surface area contributed by atoms with Gasteiger partial charge in [0.2, 0.25) is 0 Å². The Kier molecular flexibility index (Phi) is 4.88. The number of hydrogen-bond donors (Lipinski definition) is 0. The van der Waals surface area contributed by atoms with E-state index >= 15 is 0 Å². The molecule has 0 spiro atoms. The molecule has 20 heavy (non-hydrogen) atoms. The van der Waals surface area contributed by atoms with E-state index in [1.165, 1.54) is 50.2 Å². The van der Waals surface area contributed by atoms with Gasteiger partial charge < -0.3 is 9.64 Å². The Bertz CT molecular complexity index is 621. The molecule has 1 aromatic carbocycles. The molecule has 0 aromatic heterocycles. The smallest absolute Gasteiger partial charge is 0.340 e. The van der Waals surface area contributed by atoms with E-state index in [1.54, 1.807) is 0 Å². The van der Waals surface area contributed by atoms with Gasteiger partial charge in [-0.2, -0.15) is 0 Å². The molecule has 0 N–H and O–H groups in total. The van der Waals surface area contributed by atoms with Crippen LogP contribution in [0.2, 0.25) is 0 Å². The lowest BCUT2D eigenvalue weighted by Crippen LogP contribution is -2.35. The van der Waals surface area contributed by atoms with Crippen molar-refractivity contribution in [1.82, 2.24) is 4.90 Å². The molecule has 0 unspecified atom stereocenters. The molecule has 0 aliphatic carbocycles. The largest absolute Gasteiger partial charge is 0.449 e. The van der Waals surface area contributed by atoms with Crippen molar-refractivity contribution in [2.75, 3.05) is 20.4 Å². The van der Waals surface area contributed by atoms with Crippen LogP contribution >= 0.6 is 0 Å². The topological polar surface area (TPSA) is 80.8 Å². The third kappa shape index (κ3) is 3.80. The number of amides is 1.